The van der Waals surface area contributed by atoms with Crippen LogP contribution in [0.4, 0.5) is 0 Å². The first-order valence-corrected chi connectivity index (χ1v) is 7.69. The molecule has 0 saturated carbocycles. The molecule has 1 aromatic carbocycles. The lowest BCUT2D eigenvalue weighted by molar-refractivity contribution is 0.467. The van der Waals surface area contributed by atoms with Gasteiger partial charge in [0.15, 0.2) is 0 Å². The fourth-order valence-corrected chi connectivity index (χ4v) is 5.97. The van der Waals surface area contributed by atoms with Gasteiger partial charge >= 0.3 is 0 Å². The van der Waals surface area contributed by atoms with E-state index in [1.807, 2.05) is 13.8 Å². The van der Waals surface area contributed by atoms with E-state index >= 15 is 0 Å². The average molecular weight is 206 g/mol. The maximum Gasteiger partial charge on any atom is 0.121 e. The van der Waals surface area contributed by atoms with Crippen LogP contribution in [0.15, 0.2) is 12.1 Å². The molecular formula is C12H18OSi. The summed E-state index contributed by atoms with van der Waals surface area (Å²) >= 11 is 0. The second-order valence-corrected chi connectivity index (χ2v) is 7.70. The molecule has 14 heavy (non-hydrogen) atoms. The third-order valence-corrected chi connectivity index (χ3v) is 6.83. The molecule has 1 N–H and O–H groups in total. The van der Waals surface area contributed by atoms with Crippen molar-refractivity contribution in [3.8, 4) is 5.75 Å². The summed E-state index contributed by atoms with van der Waals surface area (Å²) in [7, 11) is -0.627. The van der Waals surface area contributed by atoms with Crippen LogP contribution in [-0.4, -0.2) is 13.9 Å². The zero-order valence-electron chi connectivity index (χ0n) is 9.01. The second-order valence-electron chi connectivity index (χ2n) is 4.48. The molecule has 0 aliphatic carbocycles. The number of aryl methyl sites for hydroxylation is 2. The molecule has 0 unspecified atom stereocenters. The zero-order valence-corrected chi connectivity index (χ0v) is 10.2. The van der Waals surface area contributed by atoms with E-state index in [9.17, 15) is 5.11 Å². The molecular weight excluding hydrogens is 188 g/mol. The highest BCUT2D eigenvalue weighted by atomic mass is 28.3. The van der Waals surface area contributed by atoms with E-state index in [1.54, 1.807) is 5.19 Å². The Morgan fingerprint density at radius 3 is 2.07 bits per heavy atom. The standard InChI is InChI=1S/C12H18OSi/c1-9-7-11(8-10(2)12(9)13)14-5-3-4-6-14/h7-8,13-14H,3-6H2,1-2H3. The number of hydrogen-bond acceptors (Lipinski definition) is 1. The van der Waals surface area contributed by atoms with Gasteiger partial charge in [0.05, 0.1) is 8.80 Å². The van der Waals surface area contributed by atoms with Crippen LogP contribution in [0, 0.1) is 13.8 Å². The first-order chi connectivity index (χ1) is 6.68. The number of phenols is 1. The van der Waals surface area contributed by atoms with E-state index < -0.39 is 8.80 Å². The van der Waals surface area contributed by atoms with Crippen molar-refractivity contribution in [3.63, 3.8) is 0 Å². The molecule has 1 fully saturated rings. The fraction of sp³-hybridized carbons (Fsp3) is 0.500. The summed E-state index contributed by atoms with van der Waals surface area (Å²) in [6.07, 6.45) is 2.85. The summed E-state index contributed by atoms with van der Waals surface area (Å²) in [5.41, 5.74) is 2.11. The molecule has 1 heterocycles. The van der Waals surface area contributed by atoms with Crippen molar-refractivity contribution in [1.82, 2.24) is 0 Å². The predicted molar refractivity (Wildman–Crippen MR) is 63.2 cm³/mol. The molecule has 1 aliphatic heterocycles. The van der Waals surface area contributed by atoms with Gasteiger partial charge in [-0.05, 0) is 25.0 Å². The molecule has 1 aliphatic rings. The van der Waals surface area contributed by atoms with Crippen LogP contribution < -0.4 is 5.19 Å². The quantitative estimate of drug-likeness (QED) is 0.699. The Morgan fingerprint density at radius 1 is 1.07 bits per heavy atom. The lowest BCUT2D eigenvalue weighted by Gasteiger charge is -2.11. The number of phenolic OH excluding ortho intramolecular Hbond substituents is 1. The zero-order chi connectivity index (χ0) is 10.1. The lowest BCUT2D eigenvalue weighted by Crippen LogP contribution is -2.26. The van der Waals surface area contributed by atoms with Gasteiger partial charge in [-0.3, -0.25) is 0 Å². The molecule has 0 atom stereocenters. The molecule has 1 nitrogen and oxygen atoms in total. The highest BCUT2D eigenvalue weighted by Gasteiger charge is 2.19. The second kappa shape index (κ2) is 3.77. The molecule has 0 aromatic heterocycles. The van der Waals surface area contributed by atoms with Crippen LogP contribution >= 0.6 is 0 Å². The van der Waals surface area contributed by atoms with E-state index in [0.29, 0.717) is 5.75 Å². The van der Waals surface area contributed by atoms with Crippen molar-refractivity contribution in [3.05, 3.63) is 23.3 Å². The third-order valence-electron chi connectivity index (χ3n) is 3.34. The van der Waals surface area contributed by atoms with Crippen molar-refractivity contribution in [2.45, 2.75) is 38.8 Å². The summed E-state index contributed by atoms with van der Waals surface area (Å²) in [5.74, 6) is 0.487. The van der Waals surface area contributed by atoms with Gasteiger partial charge in [-0.25, -0.2) is 0 Å². The van der Waals surface area contributed by atoms with Crippen LogP contribution in [0.2, 0.25) is 12.1 Å². The van der Waals surface area contributed by atoms with Crippen LogP contribution in [0.3, 0.4) is 0 Å². The normalized spacial score (nSPS) is 17.6. The average Bonchev–Trinajstić information content (AvgIpc) is 2.66. The Bertz CT molecular complexity index is 317. The molecule has 76 valence electrons. The minimum Gasteiger partial charge on any atom is -0.507 e. The van der Waals surface area contributed by atoms with Crippen LogP contribution in [0.1, 0.15) is 24.0 Å². The molecule has 2 rings (SSSR count). The van der Waals surface area contributed by atoms with Crippen molar-refractivity contribution in [2.24, 2.45) is 0 Å². The van der Waals surface area contributed by atoms with Crippen molar-refractivity contribution in [1.29, 1.82) is 0 Å². The number of hydrogen-bond donors (Lipinski definition) is 1. The smallest absolute Gasteiger partial charge is 0.121 e. The maximum atomic E-state index is 9.69. The summed E-state index contributed by atoms with van der Waals surface area (Å²) in [5, 5.41) is 11.3. The first kappa shape index (κ1) is 9.78. The largest absolute Gasteiger partial charge is 0.507 e. The Kier molecular flexibility index (Phi) is 2.64. The number of rotatable bonds is 1. The number of aromatic hydroxyl groups is 1. The summed E-state index contributed by atoms with van der Waals surface area (Å²) in [4.78, 5) is 0. The Hall–Kier alpha value is -0.763. The van der Waals surface area contributed by atoms with Gasteiger partial charge in [-0.1, -0.05) is 42.2 Å². The molecule has 1 aromatic rings. The SMILES string of the molecule is Cc1cc([SiH]2CCCC2)cc(C)c1O. The maximum absolute atomic E-state index is 9.69. The van der Waals surface area contributed by atoms with Crippen molar-refractivity contribution >= 4 is 14.0 Å². The van der Waals surface area contributed by atoms with Crippen LogP contribution in [-0.2, 0) is 0 Å². The number of benzene rings is 1. The molecule has 0 amide bonds. The monoisotopic (exact) mass is 206 g/mol. The van der Waals surface area contributed by atoms with E-state index in [1.165, 1.54) is 24.9 Å². The van der Waals surface area contributed by atoms with Gasteiger partial charge in [0, 0.05) is 0 Å². The molecule has 0 bridgehead atoms. The van der Waals surface area contributed by atoms with E-state index in [-0.39, 0.29) is 0 Å². The topological polar surface area (TPSA) is 20.2 Å². The summed E-state index contributed by atoms with van der Waals surface area (Å²) in [6.45, 7) is 4.02. The molecule has 1 saturated heterocycles. The van der Waals surface area contributed by atoms with Gasteiger partial charge in [-0.2, -0.15) is 0 Å². The highest BCUT2D eigenvalue weighted by molar-refractivity contribution is 6.73. The van der Waals surface area contributed by atoms with E-state index in [2.05, 4.69) is 12.1 Å². The summed E-state index contributed by atoms with van der Waals surface area (Å²) in [6, 6.07) is 7.35. The van der Waals surface area contributed by atoms with Gasteiger partial charge in [0.1, 0.15) is 5.75 Å². The fourth-order valence-electron chi connectivity index (χ4n) is 2.48. The first-order valence-electron chi connectivity index (χ1n) is 5.48. The Balaban J connectivity index is 2.34. The Morgan fingerprint density at radius 2 is 1.57 bits per heavy atom. The summed E-state index contributed by atoms with van der Waals surface area (Å²) < 4.78 is 0. The molecule has 2 heteroatoms. The molecule has 0 radical (unpaired) electrons. The van der Waals surface area contributed by atoms with Gasteiger partial charge in [0.25, 0.3) is 0 Å². The van der Waals surface area contributed by atoms with Gasteiger partial charge in [0.2, 0.25) is 0 Å². The van der Waals surface area contributed by atoms with Gasteiger partial charge < -0.3 is 5.11 Å². The predicted octanol–water partition coefficient (Wildman–Crippen LogP) is 2.24. The molecule has 0 spiro atoms. The Labute approximate surface area is 87.4 Å². The van der Waals surface area contributed by atoms with Gasteiger partial charge in [-0.15, -0.1) is 0 Å². The minimum atomic E-state index is -0.627. The van der Waals surface area contributed by atoms with E-state index in [0.717, 1.165) is 11.1 Å². The highest BCUT2D eigenvalue weighted by Crippen LogP contribution is 2.23. The van der Waals surface area contributed by atoms with Crippen LogP contribution in [0.25, 0.3) is 0 Å². The minimum absolute atomic E-state index is 0.487. The van der Waals surface area contributed by atoms with E-state index in [4.69, 9.17) is 0 Å². The third kappa shape index (κ3) is 1.71. The van der Waals surface area contributed by atoms with Crippen molar-refractivity contribution < 1.29 is 5.11 Å². The lowest BCUT2D eigenvalue weighted by atomic mass is 10.1. The van der Waals surface area contributed by atoms with Crippen LogP contribution in [0.5, 0.6) is 5.75 Å². The van der Waals surface area contributed by atoms with Crippen molar-refractivity contribution in [2.75, 3.05) is 0 Å².